The SMILES string of the molecule is Cc1cc2c([nH]1)[C@@H]1CCCC[C@@H]1[C@@H]1C(=O)N(c3ccc(Br)cc3)C(=O)[C@H]21. The highest BCUT2D eigenvalue weighted by Gasteiger charge is 2.57. The van der Waals surface area contributed by atoms with Gasteiger partial charge in [0, 0.05) is 21.8 Å². The van der Waals surface area contributed by atoms with Gasteiger partial charge in [-0.1, -0.05) is 28.8 Å². The molecule has 1 aromatic heterocycles. The molecule has 1 N–H and O–H groups in total. The summed E-state index contributed by atoms with van der Waals surface area (Å²) in [5.41, 5.74) is 4.04. The first-order valence-electron chi connectivity index (χ1n) is 9.39. The molecule has 1 saturated carbocycles. The van der Waals surface area contributed by atoms with Crippen LogP contribution in [0.25, 0.3) is 0 Å². The fourth-order valence-electron chi connectivity index (χ4n) is 5.44. The first-order chi connectivity index (χ1) is 12.6. The van der Waals surface area contributed by atoms with Gasteiger partial charge in [0.05, 0.1) is 17.5 Å². The number of H-pyrrole nitrogens is 1. The van der Waals surface area contributed by atoms with Crippen LogP contribution in [0.15, 0.2) is 34.8 Å². The Morgan fingerprint density at radius 3 is 2.58 bits per heavy atom. The van der Waals surface area contributed by atoms with Gasteiger partial charge in [-0.05, 0) is 61.6 Å². The number of anilines is 1. The highest BCUT2D eigenvalue weighted by atomic mass is 79.9. The Morgan fingerprint density at radius 2 is 1.81 bits per heavy atom. The van der Waals surface area contributed by atoms with E-state index in [1.54, 1.807) is 0 Å². The maximum Gasteiger partial charge on any atom is 0.242 e. The fraction of sp³-hybridized carbons (Fsp3) is 0.429. The molecular formula is C21H21BrN2O2. The zero-order valence-corrected chi connectivity index (χ0v) is 16.3. The molecule has 1 aromatic carbocycles. The number of nitrogens with one attached hydrogen (secondary N) is 1. The smallest absolute Gasteiger partial charge is 0.242 e. The zero-order valence-electron chi connectivity index (χ0n) is 14.7. The van der Waals surface area contributed by atoms with Crippen LogP contribution in [-0.2, 0) is 9.59 Å². The number of aryl methyl sites for hydroxylation is 1. The van der Waals surface area contributed by atoms with Crippen LogP contribution in [0.5, 0.6) is 0 Å². The monoisotopic (exact) mass is 412 g/mol. The average molecular weight is 413 g/mol. The van der Waals surface area contributed by atoms with Crippen LogP contribution in [0.4, 0.5) is 5.69 Å². The number of fused-ring (bicyclic) bond motifs is 6. The van der Waals surface area contributed by atoms with E-state index in [1.165, 1.54) is 17.0 Å². The van der Waals surface area contributed by atoms with Crippen LogP contribution < -0.4 is 4.90 Å². The van der Waals surface area contributed by atoms with Crippen LogP contribution in [-0.4, -0.2) is 16.8 Å². The molecule has 0 unspecified atom stereocenters. The molecule has 1 saturated heterocycles. The van der Waals surface area contributed by atoms with E-state index >= 15 is 0 Å². The summed E-state index contributed by atoms with van der Waals surface area (Å²) < 4.78 is 0.939. The van der Waals surface area contributed by atoms with Crippen molar-refractivity contribution in [3.8, 4) is 0 Å². The molecule has 0 bridgehead atoms. The van der Waals surface area contributed by atoms with E-state index in [-0.39, 0.29) is 29.6 Å². The van der Waals surface area contributed by atoms with Gasteiger partial charge < -0.3 is 4.98 Å². The number of aromatic nitrogens is 1. The van der Waals surface area contributed by atoms with Crippen molar-refractivity contribution in [1.82, 2.24) is 4.98 Å². The number of hydrogen-bond donors (Lipinski definition) is 1. The Hall–Kier alpha value is -1.88. The first kappa shape index (κ1) is 16.3. The first-order valence-corrected chi connectivity index (χ1v) is 10.2. The summed E-state index contributed by atoms with van der Waals surface area (Å²) in [6.45, 7) is 2.04. The number of aromatic amines is 1. The molecule has 26 heavy (non-hydrogen) atoms. The predicted octanol–water partition coefficient (Wildman–Crippen LogP) is 4.65. The summed E-state index contributed by atoms with van der Waals surface area (Å²) in [5, 5.41) is 0. The van der Waals surface area contributed by atoms with Gasteiger partial charge in [0.1, 0.15) is 0 Å². The van der Waals surface area contributed by atoms with Crippen molar-refractivity contribution in [3.63, 3.8) is 0 Å². The molecule has 2 amide bonds. The van der Waals surface area contributed by atoms with Gasteiger partial charge >= 0.3 is 0 Å². The largest absolute Gasteiger partial charge is 0.362 e. The lowest BCUT2D eigenvalue weighted by molar-refractivity contribution is -0.123. The number of halogens is 1. The summed E-state index contributed by atoms with van der Waals surface area (Å²) in [7, 11) is 0. The van der Waals surface area contributed by atoms with Gasteiger partial charge in [-0.15, -0.1) is 0 Å². The number of nitrogens with zero attached hydrogens (tertiary/aromatic N) is 1. The summed E-state index contributed by atoms with van der Waals surface area (Å²) in [6.07, 6.45) is 4.50. The lowest BCUT2D eigenvalue weighted by Gasteiger charge is -2.40. The van der Waals surface area contributed by atoms with Gasteiger partial charge in [0.15, 0.2) is 0 Å². The van der Waals surface area contributed by atoms with Gasteiger partial charge in [0.2, 0.25) is 11.8 Å². The Bertz CT molecular complexity index is 901. The van der Waals surface area contributed by atoms with Crippen molar-refractivity contribution in [1.29, 1.82) is 0 Å². The number of hydrogen-bond acceptors (Lipinski definition) is 2. The molecule has 2 fully saturated rings. The van der Waals surface area contributed by atoms with Crippen molar-refractivity contribution >= 4 is 33.4 Å². The molecule has 4 nitrogen and oxygen atoms in total. The Morgan fingerprint density at radius 1 is 1.08 bits per heavy atom. The molecular weight excluding hydrogens is 392 g/mol. The van der Waals surface area contributed by atoms with Crippen molar-refractivity contribution in [2.45, 2.75) is 44.4 Å². The molecule has 2 aliphatic carbocycles. The summed E-state index contributed by atoms with van der Waals surface area (Å²) >= 11 is 3.42. The Balaban J connectivity index is 1.64. The van der Waals surface area contributed by atoms with Crippen LogP contribution >= 0.6 is 15.9 Å². The van der Waals surface area contributed by atoms with Crippen LogP contribution in [0.1, 0.15) is 54.5 Å². The second-order valence-electron chi connectivity index (χ2n) is 7.87. The molecule has 2 heterocycles. The van der Waals surface area contributed by atoms with E-state index in [2.05, 4.69) is 27.0 Å². The molecule has 134 valence electrons. The normalized spacial score (nSPS) is 30.2. The molecule has 1 aliphatic heterocycles. The molecule has 0 spiro atoms. The Labute approximate surface area is 161 Å². The topological polar surface area (TPSA) is 53.2 Å². The van der Waals surface area contributed by atoms with Crippen LogP contribution in [0.3, 0.4) is 0 Å². The molecule has 0 radical (unpaired) electrons. The van der Waals surface area contributed by atoms with E-state index in [4.69, 9.17) is 0 Å². The minimum atomic E-state index is -0.328. The van der Waals surface area contributed by atoms with Gasteiger partial charge in [-0.25, -0.2) is 4.90 Å². The van der Waals surface area contributed by atoms with Crippen molar-refractivity contribution in [2.75, 3.05) is 4.90 Å². The Kier molecular flexibility index (Phi) is 3.64. The number of amides is 2. The summed E-state index contributed by atoms with van der Waals surface area (Å²) in [5.74, 6) is 0.0476. The average Bonchev–Trinajstić information content (AvgIpc) is 3.14. The van der Waals surface area contributed by atoms with Crippen molar-refractivity contribution < 1.29 is 9.59 Å². The molecule has 4 atom stereocenters. The summed E-state index contributed by atoms with van der Waals surface area (Å²) in [4.78, 5) is 31.7. The van der Waals surface area contributed by atoms with Gasteiger partial charge in [-0.3, -0.25) is 9.59 Å². The van der Waals surface area contributed by atoms with E-state index in [9.17, 15) is 9.59 Å². The molecule has 3 aliphatic rings. The third-order valence-corrected chi connectivity index (χ3v) is 6.97. The van der Waals surface area contributed by atoms with Crippen LogP contribution in [0, 0.1) is 18.8 Å². The van der Waals surface area contributed by atoms with E-state index in [0.717, 1.165) is 35.0 Å². The van der Waals surface area contributed by atoms with Crippen molar-refractivity contribution in [2.24, 2.45) is 11.8 Å². The number of carbonyl (C=O) groups excluding carboxylic acids is 2. The second-order valence-corrected chi connectivity index (χ2v) is 8.78. The number of benzene rings is 1. The molecule has 5 heteroatoms. The lowest BCUT2D eigenvalue weighted by atomic mass is 9.62. The number of carbonyl (C=O) groups is 2. The number of imide groups is 1. The maximum atomic E-state index is 13.4. The van der Waals surface area contributed by atoms with Crippen LogP contribution in [0.2, 0.25) is 0 Å². The van der Waals surface area contributed by atoms with E-state index < -0.39 is 0 Å². The van der Waals surface area contributed by atoms with Gasteiger partial charge in [-0.2, -0.15) is 0 Å². The fourth-order valence-corrected chi connectivity index (χ4v) is 5.70. The summed E-state index contributed by atoms with van der Waals surface area (Å²) in [6, 6.07) is 9.55. The standard InChI is InChI=1S/C21H21BrN2O2/c1-11-10-16-18-17(14-4-2-3-5-15(14)19(16)23-11)20(25)24(21(18)26)13-8-6-12(22)7-9-13/h6-10,14-15,17-18,23H,2-5H2,1H3/t14-,15+,17-,18+/m0/s1. The molecule has 5 rings (SSSR count). The second kappa shape index (κ2) is 5.81. The quantitative estimate of drug-likeness (QED) is 0.693. The number of rotatable bonds is 1. The molecule has 2 aromatic rings. The minimum Gasteiger partial charge on any atom is -0.362 e. The van der Waals surface area contributed by atoms with Crippen molar-refractivity contribution in [3.05, 3.63) is 51.8 Å². The minimum absolute atomic E-state index is 0.0104. The van der Waals surface area contributed by atoms with Gasteiger partial charge in [0.25, 0.3) is 0 Å². The zero-order chi connectivity index (χ0) is 18.0. The third-order valence-electron chi connectivity index (χ3n) is 6.44. The third kappa shape index (κ3) is 2.19. The highest BCUT2D eigenvalue weighted by molar-refractivity contribution is 9.10. The lowest BCUT2D eigenvalue weighted by Crippen LogP contribution is -2.37. The predicted molar refractivity (Wildman–Crippen MR) is 103 cm³/mol. The van der Waals surface area contributed by atoms with E-state index in [1.807, 2.05) is 31.2 Å². The van der Waals surface area contributed by atoms with E-state index in [0.29, 0.717) is 11.6 Å². The highest BCUT2D eigenvalue weighted by Crippen LogP contribution is 2.56. The maximum absolute atomic E-state index is 13.4.